The number of carbonyl (C=O) groups excluding carboxylic acids is 2. The molecular formula is C22H20FN3O5. The Morgan fingerprint density at radius 1 is 1.06 bits per heavy atom. The standard InChI is InChI=1S/C22H20FN3O5/c1-29-13-16(12-27)24-20-11-19(25-21(26-20)22(28)30-2)14-3-7-17(8-4-14)31-18-9-5-15(23)6-10-18/h3-12,16H,13H2,1-2H3,(H,24,25,26). The molecule has 8 nitrogen and oxygen atoms in total. The van der Waals surface area contributed by atoms with Gasteiger partial charge in [-0.05, 0) is 48.5 Å². The van der Waals surface area contributed by atoms with Crippen molar-refractivity contribution in [1.29, 1.82) is 0 Å². The molecule has 0 saturated heterocycles. The Bertz CT molecular complexity index is 1040. The molecule has 3 rings (SSSR count). The fourth-order valence-electron chi connectivity index (χ4n) is 2.67. The molecular weight excluding hydrogens is 405 g/mol. The van der Waals surface area contributed by atoms with Crippen molar-refractivity contribution < 1.29 is 28.2 Å². The molecule has 0 radical (unpaired) electrons. The molecule has 1 N–H and O–H groups in total. The molecule has 3 aromatic rings. The zero-order valence-corrected chi connectivity index (χ0v) is 16.9. The lowest BCUT2D eigenvalue weighted by atomic mass is 10.1. The Morgan fingerprint density at radius 2 is 1.71 bits per heavy atom. The van der Waals surface area contributed by atoms with E-state index >= 15 is 0 Å². The normalized spacial score (nSPS) is 11.5. The van der Waals surface area contributed by atoms with Gasteiger partial charge in [0.1, 0.15) is 35.5 Å². The second kappa shape index (κ2) is 10.3. The number of rotatable bonds is 9. The van der Waals surface area contributed by atoms with Gasteiger partial charge < -0.3 is 24.3 Å². The van der Waals surface area contributed by atoms with E-state index in [1.165, 1.54) is 38.5 Å². The third-order valence-corrected chi connectivity index (χ3v) is 4.14. The Labute approximate surface area is 178 Å². The van der Waals surface area contributed by atoms with Gasteiger partial charge in [-0.2, -0.15) is 0 Å². The molecule has 0 aliphatic heterocycles. The fraction of sp³-hybridized carbons (Fsp3) is 0.182. The second-order valence-corrected chi connectivity index (χ2v) is 6.38. The lowest BCUT2D eigenvalue weighted by Gasteiger charge is -2.14. The predicted molar refractivity (Wildman–Crippen MR) is 111 cm³/mol. The summed E-state index contributed by atoms with van der Waals surface area (Å²) in [5.41, 5.74) is 1.12. The van der Waals surface area contributed by atoms with Gasteiger partial charge in [-0.1, -0.05) is 0 Å². The molecule has 2 aromatic carbocycles. The van der Waals surface area contributed by atoms with Crippen molar-refractivity contribution in [3.05, 3.63) is 66.2 Å². The first-order chi connectivity index (χ1) is 15.0. The summed E-state index contributed by atoms with van der Waals surface area (Å²) in [6.45, 7) is 0.131. The van der Waals surface area contributed by atoms with Crippen LogP contribution in [-0.4, -0.2) is 49.1 Å². The van der Waals surface area contributed by atoms with E-state index in [4.69, 9.17) is 14.2 Å². The summed E-state index contributed by atoms with van der Waals surface area (Å²) in [5.74, 6) is 0.0864. The number of nitrogens with zero attached hydrogens (tertiary/aromatic N) is 2. The number of aldehydes is 1. The van der Waals surface area contributed by atoms with Gasteiger partial charge in [-0.25, -0.2) is 19.2 Å². The lowest BCUT2D eigenvalue weighted by molar-refractivity contribution is -0.109. The van der Waals surface area contributed by atoms with Crippen LogP contribution in [0.3, 0.4) is 0 Å². The van der Waals surface area contributed by atoms with Gasteiger partial charge in [0.25, 0.3) is 0 Å². The zero-order chi connectivity index (χ0) is 22.2. The molecule has 1 aromatic heterocycles. The van der Waals surface area contributed by atoms with Crippen LogP contribution in [-0.2, 0) is 14.3 Å². The van der Waals surface area contributed by atoms with Crippen LogP contribution in [0.1, 0.15) is 10.6 Å². The molecule has 0 spiro atoms. The first-order valence-corrected chi connectivity index (χ1v) is 9.24. The molecule has 1 heterocycles. The number of esters is 1. The van der Waals surface area contributed by atoms with Crippen molar-refractivity contribution >= 4 is 18.1 Å². The van der Waals surface area contributed by atoms with E-state index in [1.54, 1.807) is 30.3 Å². The van der Waals surface area contributed by atoms with E-state index in [2.05, 4.69) is 15.3 Å². The van der Waals surface area contributed by atoms with Gasteiger partial charge in [0.05, 0.1) is 19.4 Å². The lowest BCUT2D eigenvalue weighted by Crippen LogP contribution is -2.27. The van der Waals surface area contributed by atoms with Crippen LogP contribution >= 0.6 is 0 Å². The number of halogens is 1. The maximum absolute atomic E-state index is 13.0. The first kappa shape index (κ1) is 21.8. The van der Waals surface area contributed by atoms with Crippen molar-refractivity contribution in [2.24, 2.45) is 0 Å². The number of benzene rings is 2. The van der Waals surface area contributed by atoms with E-state index in [-0.39, 0.29) is 24.1 Å². The molecule has 9 heteroatoms. The molecule has 160 valence electrons. The summed E-state index contributed by atoms with van der Waals surface area (Å²) in [6.07, 6.45) is 0.685. The molecule has 0 aliphatic rings. The van der Waals surface area contributed by atoms with Gasteiger partial charge in [0.2, 0.25) is 5.82 Å². The van der Waals surface area contributed by atoms with E-state index in [0.29, 0.717) is 29.0 Å². The van der Waals surface area contributed by atoms with E-state index in [1.807, 2.05) is 0 Å². The molecule has 1 atom stereocenters. The summed E-state index contributed by atoms with van der Waals surface area (Å²) in [5, 5.41) is 2.90. The minimum Gasteiger partial charge on any atom is -0.463 e. The van der Waals surface area contributed by atoms with Crippen molar-refractivity contribution in [1.82, 2.24) is 9.97 Å². The summed E-state index contributed by atoms with van der Waals surface area (Å²) in [7, 11) is 2.70. The van der Waals surface area contributed by atoms with E-state index in [0.717, 1.165) is 0 Å². The highest BCUT2D eigenvalue weighted by Crippen LogP contribution is 2.26. The van der Waals surface area contributed by atoms with Gasteiger partial charge in [-0.15, -0.1) is 0 Å². The number of nitrogens with one attached hydrogen (secondary N) is 1. The SMILES string of the molecule is COCC(C=O)Nc1cc(-c2ccc(Oc3ccc(F)cc3)cc2)nc(C(=O)OC)n1. The van der Waals surface area contributed by atoms with Crippen molar-refractivity contribution in [3.8, 4) is 22.8 Å². The number of methoxy groups -OCH3 is 2. The average Bonchev–Trinajstić information content (AvgIpc) is 2.80. The Morgan fingerprint density at radius 3 is 2.29 bits per heavy atom. The second-order valence-electron chi connectivity index (χ2n) is 6.38. The molecule has 0 fully saturated rings. The van der Waals surface area contributed by atoms with Gasteiger partial charge in [0.15, 0.2) is 0 Å². The van der Waals surface area contributed by atoms with Gasteiger partial charge in [0, 0.05) is 18.7 Å². The minimum atomic E-state index is -0.712. The highest BCUT2D eigenvalue weighted by atomic mass is 19.1. The Balaban J connectivity index is 1.87. The van der Waals surface area contributed by atoms with Gasteiger partial charge >= 0.3 is 5.97 Å². The molecule has 0 amide bonds. The van der Waals surface area contributed by atoms with E-state index in [9.17, 15) is 14.0 Å². The molecule has 31 heavy (non-hydrogen) atoms. The van der Waals surface area contributed by atoms with Crippen LogP contribution < -0.4 is 10.1 Å². The van der Waals surface area contributed by atoms with Gasteiger partial charge in [-0.3, -0.25) is 0 Å². The Kier molecular flexibility index (Phi) is 7.23. The minimum absolute atomic E-state index is 0.131. The van der Waals surface area contributed by atoms with Crippen LogP contribution in [0.25, 0.3) is 11.3 Å². The summed E-state index contributed by atoms with van der Waals surface area (Å²) < 4.78 is 28.4. The summed E-state index contributed by atoms with van der Waals surface area (Å²) in [6, 6.07) is 13.5. The smallest absolute Gasteiger partial charge is 0.376 e. The van der Waals surface area contributed by atoms with Crippen molar-refractivity contribution in [3.63, 3.8) is 0 Å². The van der Waals surface area contributed by atoms with Crippen LogP contribution in [0.5, 0.6) is 11.5 Å². The third-order valence-electron chi connectivity index (χ3n) is 4.14. The highest BCUT2D eigenvalue weighted by molar-refractivity contribution is 5.86. The van der Waals surface area contributed by atoms with Crippen LogP contribution in [0.2, 0.25) is 0 Å². The third kappa shape index (κ3) is 5.83. The highest BCUT2D eigenvalue weighted by Gasteiger charge is 2.16. The molecule has 0 aliphatic carbocycles. The zero-order valence-electron chi connectivity index (χ0n) is 16.9. The van der Waals surface area contributed by atoms with E-state index < -0.39 is 12.0 Å². The predicted octanol–water partition coefficient (Wildman–Crippen LogP) is 3.49. The quantitative estimate of drug-likeness (QED) is 0.411. The maximum atomic E-state index is 13.0. The number of ether oxygens (including phenoxy) is 3. The van der Waals surface area contributed by atoms with Crippen molar-refractivity contribution in [2.75, 3.05) is 26.1 Å². The number of hydrogen-bond acceptors (Lipinski definition) is 8. The number of anilines is 1. The monoisotopic (exact) mass is 425 g/mol. The van der Waals surface area contributed by atoms with Crippen LogP contribution in [0.4, 0.5) is 10.2 Å². The molecule has 1 unspecified atom stereocenters. The van der Waals surface area contributed by atoms with Crippen LogP contribution in [0, 0.1) is 5.82 Å². The molecule has 0 bridgehead atoms. The van der Waals surface area contributed by atoms with Crippen LogP contribution in [0.15, 0.2) is 54.6 Å². The first-order valence-electron chi connectivity index (χ1n) is 9.24. The average molecular weight is 425 g/mol. The number of hydrogen-bond donors (Lipinski definition) is 1. The Hall–Kier alpha value is -3.85. The number of carbonyl (C=O) groups is 2. The largest absolute Gasteiger partial charge is 0.463 e. The summed E-state index contributed by atoms with van der Waals surface area (Å²) in [4.78, 5) is 31.6. The molecule has 0 saturated carbocycles. The number of aromatic nitrogens is 2. The topological polar surface area (TPSA) is 99.6 Å². The summed E-state index contributed by atoms with van der Waals surface area (Å²) >= 11 is 0. The van der Waals surface area contributed by atoms with Crippen molar-refractivity contribution in [2.45, 2.75) is 6.04 Å². The maximum Gasteiger partial charge on any atom is 0.376 e. The fourth-order valence-corrected chi connectivity index (χ4v) is 2.67.